The van der Waals surface area contributed by atoms with Crippen molar-refractivity contribution in [3.8, 4) is 0 Å². The van der Waals surface area contributed by atoms with E-state index in [1.807, 2.05) is 0 Å². The molecule has 0 saturated heterocycles. The summed E-state index contributed by atoms with van der Waals surface area (Å²) in [6.07, 6.45) is 3.89. The van der Waals surface area contributed by atoms with Crippen molar-refractivity contribution in [3.05, 3.63) is 61.5 Å². The predicted octanol–water partition coefficient (Wildman–Crippen LogP) is 3.81. The van der Waals surface area contributed by atoms with E-state index in [0.29, 0.717) is 15.7 Å². The molecule has 0 unspecified atom stereocenters. The van der Waals surface area contributed by atoms with E-state index in [1.54, 1.807) is 24.3 Å². The number of carbonyl (C=O) groups is 1. The van der Waals surface area contributed by atoms with E-state index < -0.39 is 5.91 Å². The number of H-pyrrole nitrogens is 1. The molecule has 3 rings (SSSR count). The summed E-state index contributed by atoms with van der Waals surface area (Å²) >= 11 is 11.8. The van der Waals surface area contributed by atoms with Crippen LogP contribution in [0.5, 0.6) is 0 Å². The quantitative estimate of drug-likeness (QED) is 0.875. The molecule has 1 aromatic heterocycles. The van der Waals surface area contributed by atoms with Crippen LogP contribution in [0.4, 0.5) is 5.69 Å². The fraction of sp³-hybridized carbons (Fsp3) is 0.250. The van der Waals surface area contributed by atoms with Gasteiger partial charge in [-0.05, 0) is 55.5 Å². The topological polar surface area (TPSA) is 62.0 Å². The van der Waals surface area contributed by atoms with E-state index in [0.717, 1.165) is 36.9 Å². The zero-order valence-electron chi connectivity index (χ0n) is 11.7. The Kier molecular flexibility index (Phi) is 4.23. The van der Waals surface area contributed by atoms with Gasteiger partial charge in [-0.15, -0.1) is 0 Å². The van der Waals surface area contributed by atoms with E-state index in [1.165, 1.54) is 0 Å². The van der Waals surface area contributed by atoms with Gasteiger partial charge >= 0.3 is 0 Å². The van der Waals surface area contributed by atoms with Gasteiger partial charge in [-0.3, -0.25) is 9.59 Å². The molecule has 4 nitrogen and oxygen atoms in total. The minimum atomic E-state index is -0.451. The fourth-order valence-corrected chi connectivity index (χ4v) is 2.91. The van der Waals surface area contributed by atoms with Gasteiger partial charge in [0.15, 0.2) is 0 Å². The molecular weight excluding hydrogens is 323 g/mol. The molecule has 6 heteroatoms. The molecule has 1 heterocycles. The third kappa shape index (κ3) is 3.03. The minimum absolute atomic E-state index is 0.117. The second kappa shape index (κ2) is 6.15. The third-order valence-electron chi connectivity index (χ3n) is 3.76. The highest BCUT2D eigenvalue weighted by Gasteiger charge is 2.17. The highest BCUT2D eigenvalue weighted by molar-refractivity contribution is 6.42. The Hall–Kier alpha value is -1.78. The van der Waals surface area contributed by atoms with Gasteiger partial charge in [-0.1, -0.05) is 23.2 Å². The number of hydrogen-bond donors (Lipinski definition) is 2. The first kappa shape index (κ1) is 15.1. The number of fused-ring (bicyclic) bond motifs is 1. The van der Waals surface area contributed by atoms with Crippen molar-refractivity contribution in [2.75, 3.05) is 5.32 Å². The van der Waals surface area contributed by atoms with Crippen molar-refractivity contribution in [1.82, 2.24) is 4.98 Å². The number of nitrogens with one attached hydrogen (secondary N) is 2. The largest absolute Gasteiger partial charge is 0.325 e. The lowest BCUT2D eigenvalue weighted by Gasteiger charge is -2.16. The molecule has 114 valence electrons. The molecule has 2 N–H and O–H groups in total. The third-order valence-corrected chi connectivity index (χ3v) is 4.50. The average molecular weight is 337 g/mol. The molecule has 0 saturated carbocycles. The van der Waals surface area contributed by atoms with Crippen LogP contribution in [0, 0.1) is 0 Å². The molecule has 0 atom stereocenters. The lowest BCUT2D eigenvalue weighted by molar-refractivity contribution is 0.102. The summed E-state index contributed by atoms with van der Waals surface area (Å²) in [6.45, 7) is 0. The maximum Gasteiger partial charge on any atom is 0.261 e. The van der Waals surface area contributed by atoms with Crippen molar-refractivity contribution in [3.63, 3.8) is 0 Å². The number of hydrogen-bond acceptors (Lipinski definition) is 2. The lowest BCUT2D eigenvalue weighted by Crippen LogP contribution is -2.26. The molecule has 1 aromatic carbocycles. The Morgan fingerprint density at radius 3 is 2.64 bits per heavy atom. The number of aromatic amines is 1. The monoisotopic (exact) mass is 336 g/mol. The molecule has 0 bridgehead atoms. The molecule has 22 heavy (non-hydrogen) atoms. The molecule has 1 amide bonds. The van der Waals surface area contributed by atoms with Gasteiger partial charge in [-0.25, -0.2) is 0 Å². The Morgan fingerprint density at radius 2 is 1.86 bits per heavy atom. The van der Waals surface area contributed by atoms with Crippen LogP contribution in [0.3, 0.4) is 0 Å². The van der Waals surface area contributed by atoms with Crippen LogP contribution in [0.25, 0.3) is 0 Å². The Labute approximate surface area is 137 Å². The second-order valence-corrected chi connectivity index (χ2v) is 6.12. The minimum Gasteiger partial charge on any atom is -0.325 e. The molecule has 0 fully saturated rings. The average Bonchev–Trinajstić information content (AvgIpc) is 2.50. The maximum absolute atomic E-state index is 12.3. The zero-order valence-corrected chi connectivity index (χ0v) is 13.2. The van der Waals surface area contributed by atoms with Crippen LogP contribution < -0.4 is 10.9 Å². The summed E-state index contributed by atoms with van der Waals surface area (Å²) in [4.78, 5) is 27.2. The molecule has 1 aliphatic rings. The first-order valence-corrected chi connectivity index (χ1v) is 7.81. The lowest BCUT2D eigenvalue weighted by atomic mass is 9.95. The highest BCUT2D eigenvalue weighted by Crippen LogP contribution is 2.25. The van der Waals surface area contributed by atoms with Crippen molar-refractivity contribution in [2.24, 2.45) is 0 Å². The number of benzene rings is 1. The SMILES string of the molecule is O=C(Nc1ccc(Cl)c(Cl)c1)c1cc2c([nH]c1=O)CCCC2. The fourth-order valence-electron chi connectivity index (χ4n) is 2.62. The number of anilines is 1. The van der Waals surface area contributed by atoms with Gasteiger partial charge in [0, 0.05) is 11.4 Å². The maximum atomic E-state index is 12.3. The molecule has 0 radical (unpaired) electrons. The summed E-state index contributed by atoms with van der Waals surface area (Å²) in [5, 5.41) is 3.43. The van der Waals surface area contributed by atoms with Crippen LogP contribution >= 0.6 is 23.2 Å². The van der Waals surface area contributed by atoms with Gasteiger partial charge in [0.25, 0.3) is 11.5 Å². The summed E-state index contributed by atoms with van der Waals surface area (Å²) in [6, 6.07) is 6.48. The Morgan fingerprint density at radius 1 is 1.09 bits per heavy atom. The molecule has 1 aliphatic carbocycles. The molecular formula is C16H14Cl2N2O2. The van der Waals surface area contributed by atoms with Gasteiger partial charge < -0.3 is 10.3 Å². The first-order chi connectivity index (χ1) is 10.5. The van der Waals surface area contributed by atoms with Crippen molar-refractivity contribution < 1.29 is 4.79 Å². The standard InChI is InChI=1S/C16H14Cl2N2O2/c17-12-6-5-10(8-13(12)18)19-15(21)11-7-9-3-1-2-4-14(9)20-16(11)22/h5-8H,1-4H2,(H,19,21)(H,20,22). The van der Waals surface area contributed by atoms with Crippen LogP contribution in [0.1, 0.15) is 34.5 Å². The van der Waals surface area contributed by atoms with E-state index >= 15 is 0 Å². The molecule has 0 aliphatic heterocycles. The number of pyridine rings is 1. The first-order valence-electron chi connectivity index (χ1n) is 7.06. The normalized spacial score (nSPS) is 13.5. The highest BCUT2D eigenvalue weighted by atomic mass is 35.5. The van der Waals surface area contributed by atoms with E-state index in [2.05, 4.69) is 10.3 Å². The number of aryl methyl sites for hydroxylation is 2. The summed E-state index contributed by atoms with van der Waals surface area (Å²) < 4.78 is 0. The van der Waals surface area contributed by atoms with Crippen molar-refractivity contribution >= 4 is 34.8 Å². The second-order valence-electron chi connectivity index (χ2n) is 5.31. The summed E-state index contributed by atoms with van der Waals surface area (Å²) in [7, 11) is 0. The van der Waals surface area contributed by atoms with E-state index in [4.69, 9.17) is 23.2 Å². The number of halogens is 2. The molecule has 0 spiro atoms. The van der Waals surface area contributed by atoms with E-state index in [9.17, 15) is 9.59 Å². The Bertz CT molecular complexity index is 799. The predicted molar refractivity (Wildman–Crippen MR) is 88.1 cm³/mol. The zero-order chi connectivity index (χ0) is 15.7. The summed E-state index contributed by atoms with van der Waals surface area (Å²) in [5.74, 6) is -0.451. The van der Waals surface area contributed by atoms with Gasteiger partial charge in [-0.2, -0.15) is 0 Å². The molecule has 2 aromatic rings. The smallest absolute Gasteiger partial charge is 0.261 e. The van der Waals surface area contributed by atoms with Gasteiger partial charge in [0.1, 0.15) is 5.56 Å². The van der Waals surface area contributed by atoms with Crippen molar-refractivity contribution in [2.45, 2.75) is 25.7 Å². The van der Waals surface area contributed by atoms with Crippen LogP contribution in [-0.2, 0) is 12.8 Å². The van der Waals surface area contributed by atoms with Crippen LogP contribution in [-0.4, -0.2) is 10.9 Å². The van der Waals surface area contributed by atoms with Crippen LogP contribution in [0.2, 0.25) is 10.0 Å². The van der Waals surface area contributed by atoms with E-state index in [-0.39, 0.29) is 11.1 Å². The van der Waals surface area contributed by atoms with Crippen molar-refractivity contribution in [1.29, 1.82) is 0 Å². The number of amides is 1. The Balaban J connectivity index is 1.88. The number of aromatic nitrogens is 1. The number of rotatable bonds is 2. The van der Waals surface area contributed by atoms with Gasteiger partial charge in [0.2, 0.25) is 0 Å². The van der Waals surface area contributed by atoms with Gasteiger partial charge in [0.05, 0.1) is 10.0 Å². The van der Waals surface area contributed by atoms with Crippen LogP contribution in [0.15, 0.2) is 29.1 Å². The number of carbonyl (C=O) groups excluding carboxylic acids is 1. The summed E-state index contributed by atoms with van der Waals surface area (Å²) in [5.41, 5.74) is 2.24.